The number of hydrogen-bond donors (Lipinski definition) is 1. The number of amides is 1. The van der Waals surface area contributed by atoms with E-state index in [0.717, 1.165) is 49.8 Å². The SMILES string of the molecule is CCCCCCCCCCCCCCCCCCNC(=O)OCC(COC(=O)CCCCC[n+]1ccsc1)=C(C)C.[Br-]. The van der Waals surface area contributed by atoms with E-state index in [4.69, 9.17) is 9.47 Å². The number of rotatable bonds is 27. The molecular formula is C34H61BrN2O4S. The summed E-state index contributed by atoms with van der Waals surface area (Å²) < 4.78 is 13.0. The number of halogens is 1. The summed E-state index contributed by atoms with van der Waals surface area (Å²) in [6.07, 6.45) is 26.3. The maximum Gasteiger partial charge on any atom is 0.407 e. The summed E-state index contributed by atoms with van der Waals surface area (Å²) in [5.41, 5.74) is 3.94. The molecule has 0 aliphatic carbocycles. The number of unbranched alkanes of at least 4 members (excludes halogenated alkanes) is 17. The fraction of sp³-hybridized carbons (Fsp3) is 0.794. The van der Waals surface area contributed by atoms with Gasteiger partial charge < -0.3 is 31.8 Å². The summed E-state index contributed by atoms with van der Waals surface area (Å²) in [5.74, 6) is -0.195. The number of esters is 1. The van der Waals surface area contributed by atoms with E-state index in [1.807, 2.05) is 13.8 Å². The molecule has 0 bridgehead atoms. The van der Waals surface area contributed by atoms with Crippen LogP contribution in [0, 0.1) is 0 Å². The Morgan fingerprint density at radius 3 is 1.76 bits per heavy atom. The Balaban J connectivity index is 0.0000168. The van der Waals surface area contributed by atoms with Crippen molar-refractivity contribution < 1.29 is 40.6 Å². The summed E-state index contributed by atoms with van der Waals surface area (Å²) in [7, 11) is 0. The average Bonchev–Trinajstić information content (AvgIpc) is 3.48. The van der Waals surface area contributed by atoms with Crippen molar-refractivity contribution >= 4 is 23.4 Å². The number of hydrogen-bond acceptors (Lipinski definition) is 5. The van der Waals surface area contributed by atoms with Gasteiger partial charge in [-0.2, -0.15) is 4.57 Å². The zero-order valence-corrected chi connectivity index (χ0v) is 29.5. The van der Waals surface area contributed by atoms with Crippen molar-refractivity contribution in [1.82, 2.24) is 5.32 Å². The first-order valence-corrected chi connectivity index (χ1v) is 17.6. The molecule has 0 saturated carbocycles. The van der Waals surface area contributed by atoms with E-state index in [1.165, 1.54) is 89.9 Å². The van der Waals surface area contributed by atoms with Crippen molar-refractivity contribution in [2.45, 2.75) is 156 Å². The van der Waals surface area contributed by atoms with Crippen LogP contribution in [0.2, 0.25) is 0 Å². The lowest BCUT2D eigenvalue weighted by Crippen LogP contribution is -3.00. The molecule has 0 aromatic carbocycles. The molecule has 0 fully saturated rings. The quantitative estimate of drug-likeness (QED) is 0.0504. The van der Waals surface area contributed by atoms with Crippen LogP contribution in [0.4, 0.5) is 4.79 Å². The highest BCUT2D eigenvalue weighted by Crippen LogP contribution is 2.14. The summed E-state index contributed by atoms with van der Waals surface area (Å²) in [4.78, 5) is 24.2. The second-order valence-electron chi connectivity index (χ2n) is 11.6. The molecule has 0 aliphatic rings. The third kappa shape index (κ3) is 25.1. The van der Waals surface area contributed by atoms with Crippen LogP contribution < -0.4 is 26.9 Å². The lowest BCUT2D eigenvalue weighted by molar-refractivity contribution is -0.692. The van der Waals surface area contributed by atoms with E-state index in [2.05, 4.69) is 33.9 Å². The Labute approximate surface area is 272 Å². The van der Waals surface area contributed by atoms with Crippen molar-refractivity contribution in [3.8, 4) is 0 Å². The van der Waals surface area contributed by atoms with Gasteiger partial charge in [0.25, 0.3) is 0 Å². The molecule has 0 atom stereocenters. The van der Waals surface area contributed by atoms with Gasteiger partial charge in [-0.15, -0.1) is 0 Å². The smallest absolute Gasteiger partial charge is 0.407 e. The van der Waals surface area contributed by atoms with Crippen LogP contribution in [0.3, 0.4) is 0 Å². The molecule has 0 aliphatic heterocycles. The standard InChI is InChI=1S/C34H60N2O4S.BrH/c1-4-5-6-7-8-9-10-11-12-13-14-15-16-17-18-21-24-35-34(38)40-29-32(31(2)3)28-39-33(37)23-20-19-22-25-36-26-27-41-30-36;/h26-27,30H,4-25,28-29H2,1-3H3;1H. The second kappa shape index (κ2) is 29.7. The molecule has 0 saturated heterocycles. The number of aromatic nitrogens is 1. The molecule has 1 amide bonds. The van der Waals surface area contributed by atoms with Gasteiger partial charge in [-0.25, -0.2) is 4.79 Å². The van der Waals surface area contributed by atoms with E-state index in [0.29, 0.717) is 13.0 Å². The number of carbonyl (C=O) groups is 2. The first-order valence-electron chi connectivity index (χ1n) is 16.7. The summed E-state index contributed by atoms with van der Waals surface area (Å²) >= 11 is 1.69. The minimum absolute atomic E-state index is 0. The maximum atomic E-state index is 12.1. The fourth-order valence-corrected chi connectivity index (χ4v) is 5.40. The van der Waals surface area contributed by atoms with Gasteiger partial charge in [-0.3, -0.25) is 4.79 Å². The molecule has 1 rings (SSSR count). The number of allylic oxidation sites excluding steroid dienone is 1. The molecule has 1 aromatic rings. The second-order valence-corrected chi connectivity index (χ2v) is 12.4. The first-order chi connectivity index (χ1) is 20.0. The molecule has 0 spiro atoms. The number of alkyl carbamates (subject to hydrolysis) is 1. The number of ether oxygens (including phenoxy) is 2. The third-order valence-electron chi connectivity index (χ3n) is 7.62. The fourth-order valence-electron chi connectivity index (χ4n) is 4.77. The summed E-state index contributed by atoms with van der Waals surface area (Å²) in [6.45, 7) is 8.13. The van der Waals surface area contributed by atoms with Gasteiger partial charge in [-0.05, 0) is 33.1 Å². The lowest BCUT2D eigenvalue weighted by Gasteiger charge is -2.12. The maximum absolute atomic E-state index is 12.1. The Morgan fingerprint density at radius 2 is 1.24 bits per heavy atom. The molecule has 1 aromatic heterocycles. The van der Waals surface area contributed by atoms with Crippen molar-refractivity contribution in [3.05, 3.63) is 28.2 Å². The number of carbonyl (C=O) groups excluding carboxylic acids is 2. The first kappa shape index (κ1) is 40.6. The van der Waals surface area contributed by atoms with Gasteiger partial charge in [-0.1, -0.05) is 120 Å². The van der Waals surface area contributed by atoms with E-state index < -0.39 is 6.09 Å². The number of nitrogens with zero attached hydrogens (tertiary/aromatic N) is 1. The monoisotopic (exact) mass is 672 g/mol. The molecular weight excluding hydrogens is 612 g/mol. The van der Waals surface area contributed by atoms with E-state index in [9.17, 15) is 9.59 Å². The minimum Gasteiger partial charge on any atom is -1.00 e. The Hall–Kier alpha value is -1.41. The zero-order valence-electron chi connectivity index (χ0n) is 27.1. The van der Waals surface area contributed by atoms with Crippen LogP contribution in [0.1, 0.15) is 149 Å². The molecule has 6 nitrogen and oxygen atoms in total. The number of thiazole rings is 1. The van der Waals surface area contributed by atoms with Crippen molar-refractivity contribution in [3.63, 3.8) is 0 Å². The number of nitrogens with one attached hydrogen (secondary N) is 1. The molecule has 1 N–H and O–H groups in total. The molecule has 0 radical (unpaired) electrons. The van der Waals surface area contributed by atoms with Crippen LogP contribution in [-0.4, -0.2) is 31.8 Å². The topological polar surface area (TPSA) is 68.5 Å². The summed E-state index contributed by atoms with van der Waals surface area (Å²) in [6, 6.07) is 0. The third-order valence-corrected chi connectivity index (χ3v) is 8.29. The predicted octanol–water partition coefficient (Wildman–Crippen LogP) is 6.47. The Morgan fingerprint density at radius 1 is 0.714 bits per heavy atom. The van der Waals surface area contributed by atoms with Gasteiger partial charge >= 0.3 is 12.1 Å². The van der Waals surface area contributed by atoms with E-state index in [1.54, 1.807) is 11.3 Å². The van der Waals surface area contributed by atoms with Gasteiger partial charge in [0, 0.05) is 25.0 Å². The summed E-state index contributed by atoms with van der Waals surface area (Å²) in [5, 5.41) is 4.91. The van der Waals surface area contributed by atoms with Crippen LogP contribution >= 0.6 is 11.3 Å². The van der Waals surface area contributed by atoms with Gasteiger partial charge in [0.15, 0.2) is 6.20 Å². The molecule has 42 heavy (non-hydrogen) atoms. The zero-order chi connectivity index (χ0) is 29.8. The minimum atomic E-state index is -0.403. The van der Waals surface area contributed by atoms with Gasteiger partial charge in [0.05, 0.1) is 5.38 Å². The highest BCUT2D eigenvalue weighted by molar-refractivity contribution is 7.07. The number of aryl methyl sites for hydroxylation is 1. The normalized spacial score (nSPS) is 10.6. The molecule has 0 unspecified atom stereocenters. The van der Waals surface area contributed by atoms with Crippen molar-refractivity contribution in [1.29, 1.82) is 0 Å². The highest BCUT2D eigenvalue weighted by atomic mass is 79.9. The van der Waals surface area contributed by atoms with Crippen molar-refractivity contribution in [2.75, 3.05) is 19.8 Å². The lowest BCUT2D eigenvalue weighted by atomic mass is 10.0. The van der Waals surface area contributed by atoms with Crippen LogP contribution in [0.15, 0.2) is 28.2 Å². The average molecular weight is 674 g/mol. The van der Waals surface area contributed by atoms with E-state index >= 15 is 0 Å². The van der Waals surface area contributed by atoms with Gasteiger partial charge in [0.2, 0.25) is 5.51 Å². The van der Waals surface area contributed by atoms with Crippen LogP contribution in [0.25, 0.3) is 0 Å². The predicted molar refractivity (Wildman–Crippen MR) is 171 cm³/mol. The Kier molecular flexibility index (Phi) is 28.7. The highest BCUT2D eigenvalue weighted by Gasteiger charge is 2.10. The van der Waals surface area contributed by atoms with E-state index in [-0.39, 0.29) is 36.2 Å². The Bertz CT molecular complexity index is 797. The molecule has 244 valence electrons. The van der Waals surface area contributed by atoms with Crippen molar-refractivity contribution in [2.24, 2.45) is 0 Å². The largest absolute Gasteiger partial charge is 1.00 e. The molecule has 1 heterocycles. The van der Waals surface area contributed by atoms with Crippen LogP contribution in [0.5, 0.6) is 0 Å². The van der Waals surface area contributed by atoms with Gasteiger partial charge in [0.1, 0.15) is 19.8 Å². The molecule has 8 heteroatoms. The van der Waals surface area contributed by atoms with Crippen LogP contribution in [-0.2, 0) is 20.8 Å².